The maximum Gasteiger partial charge on any atom is 0.573 e. The summed E-state index contributed by atoms with van der Waals surface area (Å²) in [5, 5.41) is 2.96. The molecule has 1 N–H and O–H groups in total. The number of aryl methyl sites for hydroxylation is 1. The molecule has 26 heavy (non-hydrogen) atoms. The molecule has 0 aliphatic carbocycles. The zero-order valence-corrected chi connectivity index (χ0v) is 14.2. The fraction of sp³-hybridized carbons (Fsp3) is 0.316. The van der Waals surface area contributed by atoms with Gasteiger partial charge < -0.3 is 15.0 Å². The highest BCUT2D eigenvalue weighted by Gasteiger charge is 2.31. The van der Waals surface area contributed by atoms with E-state index >= 15 is 0 Å². The van der Waals surface area contributed by atoms with E-state index in [0.29, 0.717) is 5.69 Å². The number of amides is 1. The van der Waals surface area contributed by atoms with Gasteiger partial charge in [0.05, 0.1) is 6.54 Å². The summed E-state index contributed by atoms with van der Waals surface area (Å²) in [6, 6.07) is 13.2. The number of nitrogens with zero attached hydrogens (tertiary/aromatic N) is 1. The first-order chi connectivity index (χ1) is 12.3. The van der Waals surface area contributed by atoms with Gasteiger partial charge in [0, 0.05) is 17.4 Å². The first-order valence-corrected chi connectivity index (χ1v) is 8.33. The van der Waals surface area contributed by atoms with E-state index in [4.69, 9.17) is 0 Å². The fourth-order valence-corrected chi connectivity index (χ4v) is 3.11. The number of rotatable bonds is 4. The number of carbonyl (C=O) groups excluding carboxylic acids is 1. The van der Waals surface area contributed by atoms with Crippen molar-refractivity contribution in [3.8, 4) is 5.75 Å². The second kappa shape index (κ2) is 7.27. The number of alkyl halides is 3. The van der Waals surface area contributed by atoms with Crippen molar-refractivity contribution in [3.05, 3.63) is 54.1 Å². The predicted octanol–water partition coefficient (Wildman–Crippen LogP) is 4.37. The van der Waals surface area contributed by atoms with E-state index in [1.54, 1.807) is 4.90 Å². The van der Waals surface area contributed by atoms with Gasteiger partial charge in [-0.15, -0.1) is 13.2 Å². The number of fused-ring (bicyclic) bond motifs is 1. The first-order valence-electron chi connectivity index (χ1n) is 8.33. The van der Waals surface area contributed by atoms with Crippen molar-refractivity contribution < 1.29 is 22.7 Å². The number of ether oxygens (including phenoxy) is 1. The molecule has 138 valence electrons. The van der Waals surface area contributed by atoms with E-state index in [1.165, 1.54) is 24.3 Å². The quantitative estimate of drug-likeness (QED) is 0.876. The smallest absolute Gasteiger partial charge is 0.406 e. The number of nitrogens with one attached hydrogen (secondary N) is 1. The molecule has 4 nitrogen and oxygen atoms in total. The van der Waals surface area contributed by atoms with Crippen LogP contribution in [-0.2, 0) is 11.2 Å². The van der Waals surface area contributed by atoms with Crippen LogP contribution in [0.5, 0.6) is 5.75 Å². The zero-order valence-electron chi connectivity index (χ0n) is 14.2. The molecule has 0 saturated heterocycles. The number of hydrogen-bond acceptors (Lipinski definition) is 3. The van der Waals surface area contributed by atoms with E-state index in [-0.39, 0.29) is 24.2 Å². The molecule has 3 rings (SSSR count). The molecule has 1 aliphatic heterocycles. The van der Waals surface area contributed by atoms with Crippen molar-refractivity contribution in [3.63, 3.8) is 0 Å². The Labute approximate surface area is 149 Å². The minimum atomic E-state index is -4.72. The normalized spacial score (nSPS) is 16.8. The average Bonchev–Trinajstić information content (AvgIpc) is 2.59. The van der Waals surface area contributed by atoms with Crippen LogP contribution < -0.4 is 15.0 Å². The SMILES string of the molecule is CC1CCc2ccccc2N1C(=O)CNc1ccc(OC(F)(F)F)cc1. The molecule has 2 aromatic carbocycles. The van der Waals surface area contributed by atoms with Gasteiger partial charge in [0.2, 0.25) is 5.91 Å². The Hall–Kier alpha value is -2.70. The van der Waals surface area contributed by atoms with E-state index in [2.05, 4.69) is 10.1 Å². The zero-order chi connectivity index (χ0) is 18.7. The number of benzene rings is 2. The molecule has 0 saturated carbocycles. The highest BCUT2D eigenvalue weighted by molar-refractivity contribution is 5.97. The molecule has 1 aliphatic rings. The third-order valence-electron chi connectivity index (χ3n) is 4.32. The summed E-state index contributed by atoms with van der Waals surface area (Å²) in [4.78, 5) is 14.5. The third kappa shape index (κ3) is 4.28. The predicted molar refractivity (Wildman–Crippen MR) is 93.3 cm³/mol. The third-order valence-corrected chi connectivity index (χ3v) is 4.32. The average molecular weight is 364 g/mol. The van der Waals surface area contributed by atoms with E-state index in [1.807, 2.05) is 31.2 Å². The van der Waals surface area contributed by atoms with Gasteiger partial charge in [-0.2, -0.15) is 0 Å². The molecule has 1 heterocycles. The van der Waals surface area contributed by atoms with Crippen molar-refractivity contribution >= 4 is 17.3 Å². The highest BCUT2D eigenvalue weighted by Crippen LogP contribution is 2.30. The Kier molecular flexibility index (Phi) is 5.06. The number of halogens is 3. The lowest BCUT2D eigenvalue weighted by Crippen LogP contribution is -2.44. The molecule has 2 aromatic rings. The number of carbonyl (C=O) groups is 1. The summed E-state index contributed by atoms with van der Waals surface area (Å²) in [7, 11) is 0. The van der Waals surface area contributed by atoms with Crippen LogP contribution in [0.4, 0.5) is 24.5 Å². The molecular weight excluding hydrogens is 345 g/mol. The molecule has 7 heteroatoms. The molecule has 1 amide bonds. The standard InChI is InChI=1S/C19H19F3N2O2/c1-13-6-7-14-4-2-3-5-17(14)24(13)18(25)12-23-15-8-10-16(11-9-15)26-19(20,21)22/h2-5,8-11,13,23H,6-7,12H2,1H3. The van der Waals surface area contributed by atoms with Crippen LogP contribution in [0.15, 0.2) is 48.5 Å². The van der Waals surface area contributed by atoms with E-state index < -0.39 is 6.36 Å². The minimum absolute atomic E-state index is 0.0537. The molecular formula is C19H19F3N2O2. The minimum Gasteiger partial charge on any atom is -0.406 e. The van der Waals surface area contributed by atoms with Crippen molar-refractivity contribution in [2.75, 3.05) is 16.8 Å². The Morgan fingerprint density at radius 1 is 1.19 bits per heavy atom. The van der Waals surface area contributed by atoms with Crippen LogP contribution in [0, 0.1) is 0 Å². The van der Waals surface area contributed by atoms with Crippen LogP contribution in [0.2, 0.25) is 0 Å². The Balaban J connectivity index is 1.64. The van der Waals surface area contributed by atoms with Gasteiger partial charge in [-0.3, -0.25) is 4.79 Å². The van der Waals surface area contributed by atoms with Crippen LogP contribution in [0.1, 0.15) is 18.9 Å². The van der Waals surface area contributed by atoms with Crippen LogP contribution in [0.3, 0.4) is 0 Å². The molecule has 0 spiro atoms. The van der Waals surface area contributed by atoms with E-state index in [0.717, 1.165) is 24.1 Å². The second-order valence-corrected chi connectivity index (χ2v) is 6.21. The molecule has 1 atom stereocenters. The van der Waals surface area contributed by atoms with E-state index in [9.17, 15) is 18.0 Å². The van der Waals surface area contributed by atoms with Gasteiger partial charge in [0.1, 0.15) is 5.75 Å². The summed E-state index contributed by atoms with van der Waals surface area (Å²) in [6.07, 6.45) is -2.88. The largest absolute Gasteiger partial charge is 0.573 e. The van der Waals surface area contributed by atoms with Crippen molar-refractivity contribution in [1.29, 1.82) is 0 Å². The molecule has 0 radical (unpaired) electrons. The van der Waals surface area contributed by atoms with Gasteiger partial charge in [0.15, 0.2) is 0 Å². The summed E-state index contributed by atoms with van der Waals surface area (Å²) in [6.45, 7) is 2.06. The van der Waals surface area contributed by atoms with Crippen molar-refractivity contribution in [1.82, 2.24) is 0 Å². The maximum absolute atomic E-state index is 12.7. The Bertz CT molecular complexity index is 775. The first kappa shape index (κ1) is 18.1. The summed E-state index contributed by atoms with van der Waals surface area (Å²) in [5.74, 6) is -0.381. The van der Waals surface area contributed by atoms with Gasteiger partial charge in [-0.25, -0.2) is 0 Å². The lowest BCUT2D eigenvalue weighted by Gasteiger charge is -2.35. The molecule has 1 unspecified atom stereocenters. The van der Waals surface area contributed by atoms with Crippen LogP contribution in [-0.4, -0.2) is 24.9 Å². The fourth-order valence-electron chi connectivity index (χ4n) is 3.11. The van der Waals surface area contributed by atoms with Crippen LogP contribution in [0.25, 0.3) is 0 Å². The topological polar surface area (TPSA) is 41.6 Å². The number of hydrogen-bond donors (Lipinski definition) is 1. The lowest BCUT2D eigenvalue weighted by molar-refractivity contribution is -0.274. The molecule has 0 bridgehead atoms. The number of anilines is 2. The van der Waals surface area contributed by atoms with Gasteiger partial charge in [0.25, 0.3) is 0 Å². The van der Waals surface area contributed by atoms with Crippen LogP contribution >= 0.6 is 0 Å². The highest BCUT2D eigenvalue weighted by atomic mass is 19.4. The van der Waals surface area contributed by atoms with Crippen molar-refractivity contribution in [2.24, 2.45) is 0 Å². The maximum atomic E-state index is 12.7. The lowest BCUT2D eigenvalue weighted by atomic mass is 9.96. The second-order valence-electron chi connectivity index (χ2n) is 6.21. The molecule has 0 aromatic heterocycles. The van der Waals surface area contributed by atoms with Gasteiger partial charge >= 0.3 is 6.36 Å². The Morgan fingerprint density at radius 2 is 1.88 bits per heavy atom. The number of para-hydroxylation sites is 1. The molecule has 0 fully saturated rings. The van der Waals surface area contributed by atoms with Gasteiger partial charge in [-0.1, -0.05) is 18.2 Å². The summed E-state index contributed by atoms with van der Waals surface area (Å²) >= 11 is 0. The summed E-state index contributed by atoms with van der Waals surface area (Å²) < 4.78 is 40.3. The van der Waals surface area contributed by atoms with Gasteiger partial charge in [-0.05, 0) is 55.7 Å². The Morgan fingerprint density at radius 3 is 2.58 bits per heavy atom. The summed E-state index contributed by atoms with van der Waals surface area (Å²) in [5.41, 5.74) is 2.62. The monoisotopic (exact) mass is 364 g/mol. The van der Waals surface area contributed by atoms with Crippen molar-refractivity contribution in [2.45, 2.75) is 32.2 Å².